The van der Waals surface area contributed by atoms with Crippen LogP contribution < -0.4 is 5.32 Å². The van der Waals surface area contributed by atoms with Crippen molar-refractivity contribution < 1.29 is 8.78 Å². The summed E-state index contributed by atoms with van der Waals surface area (Å²) in [5, 5.41) is 4.94. The molecule has 1 nitrogen and oxygen atoms in total. The Morgan fingerprint density at radius 2 is 1.94 bits per heavy atom. The monoisotopic (exact) mass is 331 g/mol. The van der Waals surface area contributed by atoms with Gasteiger partial charge >= 0.3 is 0 Å². The van der Waals surface area contributed by atoms with Crippen LogP contribution in [0.2, 0.25) is 0 Å². The van der Waals surface area contributed by atoms with Gasteiger partial charge in [-0.25, -0.2) is 8.78 Å². The maximum atomic E-state index is 13.7. The van der Waals surface area contributed by atoms with Crippen LogP contribution >= 0.6 is 27.3 Å². The molecule has 0 aliphatic heterocycles. The first-order valence-corrected chi connectivity index (χ1v) is 7.10. The Balaban J connectivity index is 2.21. The highest BCUT2D eigenvalue weighted by Gasteiger charge is 2.12. The van der Waals surface area contributed by atoms with Gasteiger partial charge in [-0.15, -0.1) is 11.3 Å². The second kappa shape index (κ2) is 5.36. The van der Waals surface area contributed by atoms with Crippen molar-refractivity contribution in [3.8, 4) is 0 Å². The van der Waals surface area contributed by atoms with E-state index in [0.29, 0.717) is 5.56 Å². The molecule has 2 rings (SSSR count). The molecule has 1 unspecified atom stereocenters. The minimum absolute atomic E-state index is 0.0714. The predicted octanol–water partition coefficient (Wildman–Crippen LogP) is 5.27. The molecule has 0 saturated carbocycles. The smallest absolute Gasteiger partial charge is 0.146 e. The van der Waals surface area contributed by atoms with E-state index in [2.05, 4.69) is 21.2 Å². The molecule has 0 radical (unpaired) electrons. The van der Waals surface area contributed by atoms with Gasteiger partial charge in [0.25, 0.3) is 0 Å². The summed E-state index contributed by atoms with van der Waals surface area (Å²) < 4.78 is 28.1. The molecule has 0 bridgehead atoms. The minimum atomic E-state index is -0.434. The Hall–Kier alpha value is -0.940. The van der Waals surface area contributed by atoms with Gasteiger partial charge in [0.2, 0.25) is 0 Å². The fourth-order valence-corrected chi connectivity index (χ4v) is 3.07. The standard InChI is InChI=1S/C13H12BrF2NS/c1-7-3-11(16)12(5-10(7)15)17-8(2)13-4-9(14)6-18-13/h3-6,8,17H,1-2H3. The molecule has 0 aliphatic rings. The van der Waals surface area contributed by atoms with Crippen molar-refractivity contribution in [1.29, 1.82) is 0 Å². The maximum Gasteiger partial charge on any atom is 0.146 e. The zero-order chi connectivity index (χ0) is 13.3. The van der Waals surface area contributed by atoms with Gasteiger partial charge in [0.15, 0.2) is 0 Å². The Kier molecular flexibility index (Phi) is 4.02. The molecule has 0 spiro atoms. The Bertz CT molecular complexity index is 568. The molecule has 0 amide bonds. The lowest BCUT2D eigenvalue weighted by atomic mass is 10.2. The van der Waals surface area contributed by atoms with Crippen molar-refractivity contribution in [1.82, 2.24) is 0 Å². The van der Waals surface area contributed by atoms with Crippen LogP contribution in [0.15, 0.2) is 28.1 Å². The van der Waals surface area contributed by atoms with Gasteiger partial charge in [-0.1, -0.05) is 0 Å². The minimum Gasteiger partial charge on any atom is -0.375 e. The van der Waals surface area contributed by atoms with Crippen molar-refractivity contribution in [2.75, 3.05) is 5.32 Å². The lowest BCUT2D eigenvalue weighted by Gasteiger charge is -2.15. The summed E-state index contributed by atoms with van der Waals surface area (Å²) in [6, 6.07) is 4.29. The highest BCUT2D eigenvalue weighted by molar-refractivity contribution is 9.10. The summed E-state index contributed by atoms with van der Waals surface area (Å²) in [6.45, 7) is 3.46. The summed E-state index contributed by atoms with van der Waals surface area (Å²) in [5.74, 6) is -0.838. The molecule has 5 heteroatoms. The molecular formula is C13H12BrF2NS. The number of benzene rings is 1. The SMILES string of the molecule is Cc1cc(F)c(NC(C)c2cc(Br)cs2)cc1F. The van der Waals surface area contributed by atoms with E-state index in [0.717, 1.165) is 9.35 Å². The molecule has 1 heterocycles. The van der Waals surface area contributed by atoms with Crippen molar-refractivity contribution in [3.63, 3.8) is 0 Å². The Labute approximate surface area is 117 Å². The second-order valence-corrected chi connectivity index (χ2v) is 5.97. The van der Waals surface area contributed by atoms with E-state index in [1.54, 1.807) is 18.3 Å². The van der Waals surface area contributed by atoms with Crippen molar-refractivity contribution in [3.05, 3.63) is 50.1 Å². The second-order valence-electron chi connectivity index (χ2n) is 4.11. The summed E-state index contributed by atoms with van der Waals surface area (Å²) in [4.78, 5) is 1.06. The molecule has 0 aliphatic carbocycles. The molecule has 1 aromatic heterocycles. The highest BCUT2D eigenvalue weighted by Crippen LogP contribution is 2.29. The summed E-state index contributed by atoms with van der Waals surface area (Å²) in [7, 11) is 0. The van der Waals surface area contributed by atoms with E-state index >= 15 is 0 Å². The van der Waals surface area contributed by atoms with Crippen LogP contribution in [0.5, 0.6) is 0 Å². The van der Waals surface area contributed by atoms with Gasteiger partial charge < -0.3 is 5.32 Å². The van der Waals surface area contributed by atoms with Gasteiger partial charge in [0, 0.05) is 20.8 Å². The first kappa shape index (κ1) is 13.5. The predicted molar refractivity (Wildman–Crippen MR) is 75.2 cm³/mol. The molecular weight excluding hydrogens is 320 g/mol. The molecule has 96 valence electrons. The van der Waals surface area contributed by atoms with Crippen LogP contribution in [-0.4, -0.2) is 0 Å². The van der Waals surface area contributed by atoms with Gasteiger partial charge in [0.1, 0.15) is 11.6 Å². The normalized spacial score (nSPS) is 12.5. The zero-order valence-corrected chi connectivity index (χ0v) is 12.3. The van der Waals surface area contributed by atoms with E-state index in [1.165, 1.54) is 12.1 Å². The molecule has 0 fully saturated rings. The van der Waals surface area contributed by atoms with Crippen LogP contribution in [0.3, 0.4) is 0 Å². The van der Waals surface area contributed by atoms with E-state index in [9.17, 15) is 8.78 Å². The van der Waals surface area contributed by atoms with Crippen molar-refractivity contribution >= 4 is 33.0 Å². The number of hydrogen-bond acceptors (Lipinski definition) is 2. The quantitative estimate of drug-likeness (QED) is 0.807. The average molecular weight is 332 g/mol. The lowest BCUT2D eigenvalue weighted by molar-refractivity contribution is 0.593. The lowest BCUT2D eigenvalue weighted by Crippen LogP contribution is -2.07. The Morgan fingerprint density at radius 3 is 2.56 bits per heavy atom. The fraction of sp³-hybridized carbons (Fsp3) is 0.231. The van der Waals surface area contributed by atoms with Gasteiger partial charge in [-0.3, -0.25) is 0 Å². The third kappa shape index (κ3) is 2.90. The topological polar surface area (TPSA) is 12.0 Å². The van der Waals surface area contributed by atoms with Crippen molar-refractivity contribution in [2.24, 2.45) is 0 Å². The van der Waals surface area contributed by atoms with Crippen molar-refractivity contribution in [2.45, 2.75) is 19.9 Å². The van der Waals surface area contributed by atoms with Crippen LogP contribution in [0.1, 0.15) is 23.4 Å². The average Bonchev–Trinajstić information content (AvgIpc) is 2.73. The maximum absolute atomic E-state index is 13.7. The molecule has 2 aromatic rings. The summed E-state index contributed by atoms with van der Waals surface area (Å²) in [6.07, 6.45) is 0. The van der Waals surface area contributed by atoms with Crippen LogP contribution in [0.25, 0.3) is 0 Å². The van der Waals surface area contributed by atoms with E-state index in [4.69, 9.17) is 0 Å². The highest BCUT2D eigenvalue weighted by atomic mass is 79.9. The molecule has 1 aromatic carbocycles. The van der Waals surface area contributed by atoms with E-state index < -0.39 is 11.6 Å². The van der Waals surface area contributed by atoms with Crippen LogP contribution in [0, 0.1) is 18.6 Å². The number of halogens is 3. The number of nitrogens with one attached hydrogen (secondary N) is 1. The molecule has 0 saturated heterocycles. The summed E-state index contributed by atoms with van der Waals surface area (Å²) >= 11 is 4.93. The summed E-state index contributed by atoms with van der Waals surface area (Å²) in [5.41, 5.74) is 0.500. The third-order valence-electron chi connectivity index (χ3n) is 2.63. The Morgan fingerprint density at radius 1 is 1.22 bits per heavy atom. The number of rotatable bonds is 3. The molecule has 1 atom stereocenters. The van der Waals surface area contributed by atoms with Crippen LogP contribution in [0.4, 0.5) is 14.5 Å². The van der Waals surface area contributed by atoms with Crippen LogP contribution in [-0.2, 0) is 0 Å². The van der Waals surface area contributed by atoms with E-state index in [-0.39, 0.29) is 11.7 Å². The first-order chi connectivity index (χ1) is 8.47. The zero-order valence-electron chi connectivity index (χ0n) is 9.93. The third-order valence-corrected chi connectivity index (χ3v) is 4.51. The number of hydrogen-bond donors (Lipinski definition) is 1. The van der Waals surface area contributed by atoms with Gasteiger partial charge in [0.05, 0.1) is 11.7 Å². The molecule has 18 heavy (non-hydrogen) atoms. The number of aryl methyl sites for hydroxylation is 1. The van der Waals surface area contributed by atoms with E-state index in [1.807, 2.05) is 18.4 Å². The largest absolute Gasteiger partial charge is 0.375 e. The van der Waals surface area contributed by atoms with Gasteiger partial charge in [-0.05, 0) is 47.5 Å². The molecule has 1 N–H and O–H groups in total. The van der Waals surface area contributed by atoms with Gasteiger partial charge in [-0.2, -0.15) is 0 Å². The number of anilines is 1. The number of thiophene rings is 1. The fourth-order valence-electron chi connectivity index (χ4n) is 1.62. The first-order valence-electron chi connectivity index (χ1n) is 5.43.